The molecule has 1 aromatic carbocycles. The van der Waals surface area contributed by atoms with E-state index in [1.165, 1.54) is 4.90 Å². The van der Waals surface area contributed by atoms with E-state index < -0.39 is 12.0 Å². The van der Waals surface area contributed by atoms with Gasteiger partial charge in [0.2, 0.25) is 5.91 Å². The molecule has 128 valence electrons. The fourth-order valence-corrected chi connectivity index (χ4v) is 3.61. The van der Waals surface area contributed by atoms with Crippen molar-refractivity contribution in [2.45, 2.75) is 25.5 Å². The molecule has 0 radical (unpaired) electrons. The maximum atomic E-state index is 12.9. The number of fused-ring (bicyclic) bond motifs is 1. The number of imide groups is 1. The highest BCUT2D eigenvalue weighted by Crippen LogP contribution is 2.46. The van der Waals surface area contributed by atoms with Crippen molar-refractivity contribution < 1.29 is 14.4 Å². The van der Waals surface area contributed by atoms with Crippen molar-refractivity contribution >= 4 is 17.5 Å². The zero-order chi connectivity index (χ0) is 17.4. The van der Waals surface area contributed by atoms with Gasteiger partial charge in [0.15, 0.2) is 6.10 Å². The van der Waals surface area contributed by atoms with Crippen LogP contribution in [0.3, 0.4) is 0 Å². The minimum atomic E-state index is -0.766. The second-order valence-electron chi connectivity index (χ2n) is 6.27. The Kier molecular flexibility index (Phi) is 3.97. The first-order chi connectivity index (χ1) is 12.2. The summed E-state index contributed by atoms with van der Waals surface area (Å²) in [5.74, 6) is -0.937. The van der Waals surface area contributed by atoms with Crippen LogP contribution in [0.15, 0.2) is 54.9 Å². The van der Waals surface area contributed by atoms with Crippen molar-refractivity contribution in [1.82, 2.24) is 9.88 Å². The van der Waals surface area contributed by atoms with Crippen molar-refractivity contribution in [3.05, 3.63) is 60.4 Å². The average Bonchev–Trinajstić information content (AvgIpc) is 3.16. The van der Waals surface area contributed by atoms with Crippen LogP contribution < -0.4 is 5.06 Å². The van der Waals surface area contributed by atoms with Gasteiger partial charge in [-0.1, -0.05) is 25.1 Å². The molecule has 0 saturated carbocycles. The molecule has 3 unspecified atom stereocenters. The molecule has 2 aromatic rings. The number of rotatable bonds is 4. The molecule has 2 fully saturated rings. The van der Waals surface area contributed by atoms with Crippen molar-refractivity contribution in [2.24, 2.45) is 5.92 Å². The largest absolute Gasteiger partial charge is 0.280 e. The van der Waals surface area contributed by atoms with E-state index in [4.69, 9.17) is 4.84 Å². The Labute approximate surface area is 146 Å². The summed E-state index contributed by atoms with van der Waals surface area (Å²) < 4.78 is 0. The highest BCUT2D eigenvalue weighted by molar-refractivity contribution is 6.07. The van der Waals surface area contributed by atoms with E-state index in [1.54, 1.807) is 17.5 Å². The van der Waals surface area contributed by atoms with Crippen molar-refractivity contribution in [3.63, 3.8) is 0 Å². The van der Waals surface area contributed by atoms with Crippen LogP contribution in [-0.2, 0) is 14.4 Å². The third-order valence-corrected chi connectivity index (χ3v) is 4.71. The molecule has 3 heterocycles. The number of hydrogen-bond donors (Lipinski definition) is 0. The number of aromatic nitrogens is 1. The van der Waals surface area contributed by atoms with Crippen LogP contribution in [0.2, 0.25) is 0 Å². The summed E-state index contributed by atoms with van der Waals surface area (Å²) in [7, 11) is 0. The van der Waals surface area contributed by atoms with Crippen molar-refractivity contribution in [2.75, 3.05) is 11.6 Å². The molecule has 2 saturated heterocycles. The number of anilines is 1. The molecule has 2 aliphatic rings. The van der Waals surface area contributed by atoms with Crippen molar-refractivity contribution in [3.8, 4) is 0 Å². The highest BCUT2D eigenvalue weighted by atomic mass is 16.7. The van der Waals surface area contributed by atoms with E-state index in [1.807, 2.05) is 49.4 Å². The normalized spacial score (nSPS) is 25.6. The van der Waals surface area contributed by atoms with Gasteiger partial charge in [0, 0.05) is 18.9 Å². The number of likely N-dealkylation sites (tertiary alicyclic amines) is 1. The fourth-order valence-electron chi connectivity index (χ4n) is 3.61. The first-order valence-corrected chi connectivity index (χ1v) is 8.48. The molecule has 0 bridgehead atoms. The molecule has 2 aliphatic heterocycles. The SMILES string of the molecule is CCCN1C(=O)C2ON(c3ccccc3)C(c3ccncc3)C2C1=O. The van der Waals surface area contributed by atoms with E-state index in [-0.39, 0.29) is 17.9 Å². The first kappa shape index (κ1) is 15.8. The molecular formula is C19H19N3O3. The Hall–Kier alpha value is -2.73. The number of benzene rings is 1. The van der Waals surface area contributed by atoms with Gasteiger partial charge in [0.25, 0.3) is 5.91 Å². The van der Waals surface area contributed by atoms with Crippen LogP contribution in [0.25, 0.3) is 0 Å². The minimum Gasteiger partial charge on any atom is -0.280 e. The van der Waals surface area contributed by atoms with Gasteiger partial charge in [0.05, 0.1) is 11.7 Å². The van der Waals surface area contributed by atoms with E-state index in [9.17, 15) is 9.59 Å². The van der Waals surface area contributed by atoms with Gasteiger partial charge in [-0.15, -0.1) is 0 Å². The molecule has 6 heteroatoms. The quantitative estimate of drug-likeness (QED) is 0.802. The predicted octanol–water partition coefficient (Wildman–Crippen LogP) is 2.34. The second-order valence-corrected chi connectivity index (χ2v) is 6.27. The van der Waals surface area contributed by atoms with E-state index in [0.29, 0.717) is 6.54 Å². The predicted molar refractivity (Wildman–Crippen MR) is 91.3 cm³/mol. The van der Waals surface area contributed by atoms with Crippen LogP contribution in [-0.4, -0.2) is 34.3 Å². The fraction of sp³-hybridized carbons (Fsp3) is 0.316. The summed E-state index contributed by atoms with van der Waals surface area (Å²) in [6, 6.07) is 12.9. The second kappa shape index (κ2) is 6.29. The number of carbonyl (C=O) groups excluding carboxylic acids is 2. The molecule has 3 atom stereocenters. The first-order valence-electron chi connectivity index (χ1n) is 8.48. The number of pyridine rings is 1. The zero-order valence-electron chi connectivity index (χ0n) is 13.9. The maximum Gasteiger partial charge on any atom is 0.261 e. The molecule has 0 aliphatic carbocycles. The molecule has 2 amide bonds. The molecular weight excluding hydrogens is 318 g/mol. The van der Waals surface area contributed by atoms with E-state index in [0.717, 1.165) is 17.7 Å². The van der Waals surface area contributed by atoms with Gasteiger partial charge in [-0.2, -0.15) is 0 Å². The van der Waals surface area contributed by atoms with Crippen LogP contribution in [0.5, 0.6) is 0 Å². The zero-order valence-corrected chi connectivity index (χ0v) is 13.9. The van der Waals surface area contributed by atoms with E-state index >= 15 is 0 Å². The van der Waals surface area contributed by atoms with Gasteiger partial charge in [-0.05, 0) is 36.2 Å². The van der Waals surface area contributed by atoms with Gasteiger partial charge in [0.1, 0.15) is 5.92 Å². The Morgan fingerprint density at radius 2 is 1.76 bits per heavy atom. The van der Waals surface area contributed by atoms with Crippen LogP contribution in [0.4, 0.5) is 5.69 Å². The summed E-state index contributed by atoms with van der Waals surface area (Å²) in [4.78, 5) is 37.0. The smallest absolute Gasteiger partial charge is 0.261 e. The lowest BCUT2D eigenvalue weighted by atomic mass is 9.91. The third-order valence-electron chi connectivity index (χ3n) is 4.71. The summed E-state index contributed by atoms with van der Waals surface area (Å²) in [5, 5.41) is 1.70. The maximum absolute atomic E-state index is 12.9. The number of hydrogen-bond acceptors (Lipinski definition) is 5. The number of nitrogens with zero attached hydrogens (tertiary/aromatic N) is 3. The highest BCUT2D eigenvalue weighted by Gasteiger charge is 2.59. The van der Waals surface area contributed by atoms with Gasteiger partial charge >= 0.3 is 0 Å². The monoisotopic (exact) mass is 337 g/mol. The molecule has 6 nitrogen and oxygen atoms in total. The van der Waals surface area contributed by atoms with Gasteiger partial charge in [-0.3, -0.25) is 24.3 Å². The van der Waals surface area contributed by atoms with Gasteiger partial charge < -0.3 is 0 Å². The Bertz CT molecular complexity index is 781. The number of carbonyl (C=O) groups is 2. The lowest BCUT2D eigenvalue weighted by Gasteiger charge is -2.28. The lowest BCUT2D eigenvalue weighted by molar-refractivity contribution is -0.143. The van der Waals surface area contributed by atoms with Gasteiger partial charge in [-0.25, -0.2) is 5.06 Å². The summed E-state index contributed by atoms with van der Waals surface area (Å²) >= 11 is 0. The summed E-state index contributed by atoms with van der Waals surface area (Å²) in [6.07, 6.45) is 3.35. The third kappa shape index (κ3) is 2.49. The Balaban J connectivity index is 1.77. The standard InChI is InChI=1S/C19H19N3O3/c1-2-12-21-18(23)15-16(13-8-10-20-11-9-13)22(25-17(15)19(21)24)14-6-4-3-5-7-14/h3-11,15-17H,2,12H2,1H3. The van der Waals surface area contributed by atoms with Crippen LogP contribution in [0.1, 0.15) is 24.9 Å². The molecule has 4 rings (SSSR count). The molecule has 0 N–H and O–H groups in total. The van der Waals surface area contributed by atoms with Crippen molar-refractivity contribution in [1.29, 1.82) is 0 Å². The average molecular weight is 337 g/mol. The minimum absolute atomic E-state index is 0.155. The Morgan fingerprint density at radius 3 is 2.44 bits per heavy atom. The molecule has 0 spiro atoms. The molecule has 25 heavy (non-hydrogen) atoms. The van der Waals surface area contributed by atoms with Crippen LogP contribution >= 0.6 is 0 Å². The number of hydroxylamine groups is 1. The topological polar surface area (TPSA) is 62.7 Å². The summed E-state index contributed by atoms with van der Waals surface area (Å²) in [5.41, 5.74) is 1.73. The van der Waals surface area contributed by atoms with Crippen LogP contribution in [0, 0.1) is 5.92 Å². The number of para-hydroxylation sites is 1. The number of amides is 2. The summed E-state index contributed by atoms with van der Waals surface area (Å²) in [6.45, 7) is 2.38. The lowest BCUT2D eigenvalue weighted by Crippen LogP contribution is -2.37. The van der Waals surface area contributed by atoms with E-state index in [2.05, 4.69) is 4.98 Å². The molecule has 1 aromatic heterocycles. The Morgan fingerprint density at radius 1 is 1.04 bits per heavy atom.